The Kier molecular flexibility index (Phi) is 10.5. The van der Waals surface area contributed by atoms with Gasteiger partial charge in [-0.25, -0.2) is 0 Å². The van der Waals surface area contributed by atoms with Crippen molar-refractivity contribution in [2.24, 2.45) is 0 Å². The Balaban J connectivity index is 1.17. The molecule has 0 aliphatic rings. The molecule has 0 bridgehead atoms. The van der Waals surface area contributed by atoms with E-state index in [-0.39, 0.29) is 6.71 Å². The van der Waals surface area contributed by atoms with Crippen molar-refractivity contribution < 1.29 is 9.47 Å². The van der Waals surface area contributed by atoms with Crippen LogP contribution < -0.4 is 30.8 Å². The molecule has 0 atom stereocenters. The van der Waals surface area contributed by atoms with Gasteiger partial charge in [0.15, 0.2) is 0 Å². The Labute approximate surface area is 322 Å². The van der Waals surface area contributed by atoms with Crippen LogP contribution in [0.1, 0.15) is 33.4 Å². The van der Waals surface area contributed by atoms with Gasteiger partial charge < -0.3 is 14.4 Å². The third kappa shape index (κ3) is 7.43. The lowest BCUT2D eigenvalue weighted by Gasteiger charge is -2.26. The number of nitrogens with zero attached hydrogens (tertiary/aromatic N) is 1. The molecule has 7 aromatic rings. The van der Waals surface area contributed by atoms with E-state index in [0.29, 0.717) is 0 Å². The van der Waals surface area contributed by atoms with Crippen LogP contribution in [0.25, 0.3) is 22.3 Å². The molecular formula is C50H48BNO2. The molecule has 3 nitrogen and oxygen atoms in total. The van der Waals surface area contributed by atoms with Crippen LogP contribution in [-0.4, -0.2) is 20.9 Å². The zero-order valence-corrected chi connectivity index (χ0v) is 32.7. The molecule has 0 saturated carbocycles. The summed E-state index contributed by atoms with van der Waals surface area (Å²) in [4.78, 5) is 2.24. The molecule has 0 amide bonds. The largest absolute Gasteiger partial charge is 0.497 e. The van der Waals surface area contributed by atoms with Crippen molar-refractivity contribution in [1.82, 2.24) is 0 Å². The first kappa shape index (κ1) is 36.4. The standard InChI is InChI=1S/C50H48BNO2/c1-33-29-35(3)49(36(4)30-33)51(50-37(5)31-34(2)32-38(50)6)43-17-13-41(14-18-43)39-9-11-40(12-10-39)42-15-19-44(20-16-42)52(45-21-25-47(53-7)26-22-45)46-23-27-48(54-8)28-24-46/h9-32H,1-8H3. The first-order chi connectivity index (χ1) is 26.1. The summed E-state index contributed by atoms with van der Waals surface area (Å²) in [6.07, 6.45) is 0. The first-order valence-electron chi connectivity index (χ1n) is 18.7. The fraction of sp³-hybridized carbons (Fsp3) is 0.160. The summed E-state index contributed by atoms with van der Waals surface area (Å²) in [5, 5.41) is 0. The Hall–Kier alpha value is -6.00. The van der Waals surface area contributed by atoms with Gasteiger partial charge in [-0.3, -0.25) is 0 Å². The van der Waals surface area contributed by atoms with Crippen LogP contribution in [0.4, 0.5) is 17.1 Å². The van der Waals surface area contributed by atoms with E-state index >= 15 is 0 Å². The van der Waals surface area contributed by atoms with Crippen molar-refractivity contribution in [3.63, 3.8) is 0 Å². The van der Waals surface area contributed by atoms with Crippen molar-refractivity contribution in [2.45, 2.75) is 41.5 Å². The summed E-state index contributed by atoms with van der Waals surface area (Å²) in [5.41, 5.74) is 20.1. The molecule has 0 N–H and O–H groups in total. The third-order valence-corrected chi connectivity index (χ3v) is 10.6. The fourth-order valence-corrected chi connectivity index (χ4v) is 8.21. The third-order valence-electron chi connectivity index (χ3n) is 10.6. The van der Waals surface area contributed by atoms with Gasteiger partial charge in [-0.15, -0.1) is 0 Å². The summed E-state index contributed by atoms with van der Waals surface area (Å²) < 4.78 is 10.9. The highest BCUT2D eigenvalue weighted by atomic mass is 16.5. The SMILES string of the molecule is COc1ccc(N(c2ccc(OC)cc2)c2ccc(-c3ccc(-c4ccc(B(c5c(C)cc(C)cc5C)c5c(C)cc(C)cc5C)cc4)cc3)cc2)cc1. The van der Waals surface area contributed by atoms with Gasteiger partial charge in [-0.05, 0) is 124 Å². The zero-order chi connectivity index (χ0) is 37.9. The maximum Gasteiger partial charge on any atom is 0.242 e. The van der Waals surface area contributed by atoms with Gasteiger partial charge in [0.25, 0.3) is 0 Å². The predicted molar refractivity (Wildman–Crippen MR) is 231 cm³/mol. The van der Waals surface area contributed by atoms with E-state index in [1.54, 1.807) is 14.2 Å². The Morgan fingerprint density at radius 1 is 0.370 bits per heavy atom. The van der Waals surface area contributed by atoms with Gasteiger partial charge >= 0.3 is 0 Å². The normalized spacial score (nSPS) is 11.0. The second-order valence-corrected chi connectivity index (χ2v) is 14.5. The zero-order valence-electron chi connectivity index (χ0n) is 32.7. The van der Waals surface area contributed by atoms with E-state index in [4.69, 9.17) is 9.47 Å². The molecule has 0 spiro atoms. The molecule has 0 heterocycles. The van der Waals surface area contributed by atoms with Gasteiger partial charge in [-0.2, -0.15) is 0 Å². The number of hydrogen-bond donors (Lipinski definition) is 0. The second-order valence-electron chi connectivity index (χ2n) is 14.5. The number of methoxy groups -OCH3 is 2. The minimum absolute atomic E-state index is 0.163. The summed E-state index contributed by atoms with van der Waals surface area (Å²) in [5.74, 6) is 1.65. The molecular weight excluding hydrogens is 657 g/mol. The van der Waals surface area contributed by atoms with E-state index in [1.165, 1.54) is 72.0 Å². The van der Waals surface area contributed by atoms with E-state index < -0.39 is 0 Å². The average Bonchev–Trinajstić information content (AvgIpc) is 3.18. The number of rotatable bonds is 10. The number of aryl methyl sites for hydroxylation is 6. The molecule has 0 unspecified atom stereocenters. The van der Waals surface area contributed by atoms with Crippen LogP contribution in [-0.2, 0) is 0 Å². The van der Waals surface area contributed by atoms with E-state index in [1.807, 2.05) is 24.3 Å². The maximum absolute atomic E-state index is 5.43. The highest BCUT2D eigenvalue weighted by Gasteiger charge is 2.28. The Bertz CT molecular complexity index is 2230. The molecule has 0 aliphatic carbocycles. The van der Waals surface area contributed by atoms with Crippen LogP contribution >= 0.6 is 0 Å². The molecule has 0 aliphatic heterocycles. The summed E-state index contributed by atoms with van der Waals surface area (Å²) in [7, 11) is 3.38. The fourth-order valence-electron chi connectivity index (χ4n) is 8.21. The monoisotopic (exact) mass is 705 g/mol. The lowest BCUT2D eigenvalue weighted by molar-refractivity contribution is 0.415. The second kappa shape index (κ2) is 15.5. The maximum atomic E-state index is 5.43. The molecule has 0 aromatic heterocycles. The molecule has 268 valence electrons. The molecule has 54 heavy (non-hydrogen) atoms. The number of ether oxygens (including phenoxy) is 2. The summed E-state index contributed by atoms with van der Waals surface area (Å²) in [6.45, 7) is 13.6. The van der Waals surface area contributed by atoms with Crippen LogP contribution in [0.15, 0.2) is 146 Å². The van der Waals surface area contributed by atoms with Crippen molar-refractivity contribution in [1.29, 1.82) is 0 Å². The Morgan fingerprint density at radius 2 is 0.648 bits per heavy atom. The Morgan fingerprint density at radius 3 is 0.963 bits per heavy atom. The number of benzene rings is 7. The van der Waals surface area contributed by atoms with Crippen molar-refractivity contribution in [3.05, 3.63) is 179 Å². The average molecular weight is 706 g/mol. The predicted octanol–water partition coefficient (Wildman–Crippen LogP) is 10.9. The van der Waals surface area contributed by atoms with Gasteiger partial charge in [0.05, 0.1) is 14.2 Å². The van der Waals surface area contributed by atoms with Crippen molar-refractivity contribution in [3.8, 4) is 33.8 Å². The minimum Gasteiger partial charge on any atom is -0.497 e. The molecule has 7 rings (SSSR count). The van der Waals surface area contributed by atoms with Gasteiger partial charge in [0.2, 0.25) is 6.71 Å². The smallest absolute Gasteiger partial charge is 0.242 e. The number of hydrogen-bond acceptors (Lipinski definition) is 3. The van der Waals surface area contributed by atoms with Gasteiger partial charge in [0, 0.05) is 17.1 Å². The lowest BCUT2D eigenvalue weighted by Crippen LogP contribution is -2.55. The molecule has 7 aromatic carbocycles. The quantitative estimate of drug-likeness (QED) is 0.132. The van der Waals surface area contributed by atoms with E-state index in [9.17, 15) is 0 Å². The van der Waals surface area contributed by atoms with Gasteiger partial charge in [-0.1, -0.05) is 135 Å². The topological polar surface area (TPSA) is 21.7 Å². The molecule has 0 saturated heterocycles. The van der Waals surface area contributed by atoms with Crippen LogP contribution in [0.2, 0.25) is 0 Å². The van der Waals surface area contributed by atoms with Crippen LogP contribution in [0, 0.1) is 41.5 Å². The number of anilines is 3. The molecule has 0 fully saturated rings. The lowest BCUT2D eigenvalue weighted by atomic mass is 9.34. The van der Waals surface area contributed by atoms with E-state index in [2.05, 4.69) is 168 Å². The first-order valence-corrected chi connectivity index (χ1v) is 18.7. The molecule has 4 heteroatoms. The van der Waals surface area contributed by atoms with Crippen LogP contribution in [0.3, 0.4) is 0 Å². The highest BCUT2D eigenvalue weighted by Crippen LogP contribution is 2.37. The molecule has 0 radical (unpaired) electrons. The van der Waals surface area contributed by atoms with Crippen molar-refractivity contribution >= 4 is 40.2 Å². The summed E-state index contributed by atoms with van der Waals surface area (Å²) >= 11 is 0. The highest BCUT2D eigenvalue weighted by molar-refractivity contribution is 6.96. The minimum atomic E-state index is 0.163. The summed E-state index contributed by atoms with van der Waals surface area (Å²) in [6, 6.07) is 52.5. The van der Waals surface area contributed by atoms with E-state index in [0.717, 1.165) is 28.6 Å². The van der Waals surface area contributed by atoms with Gasteiger partial charge in [0.1, 0.15) is 11.5 Å². The van der Waals surface area contributed by atoms with Crippen molar-refractivity contribution in [2.75, 3.05) is 19.1 Å². The van der Waals surface area contributed by atoms with Crippen LogP contribution in [0.5, 0.6) is 11.5 Å².